The maximum Gasteiger partial charge on any atom is 0.746 e. The average Bonchev–Trinajstić information content (AvgIpc) is 1.80. The van der Waals surface area contributed by atoms with Gasteiger partial charge >= 0.3 is 14.2 Å². The SMILES string of the molecule is C=CO[P+](=O)O.C[N+](C)(C)CC(=O)O. The fraction of sp³-hybridized carbons (Fsp3) is 0.571. The molecule has 1 atom stereocenters. The van der Waals surface area contributed by atoms with Crippen molar-refractivity contribution in [1.29, 1.82) is 0 Å². The lowest BCUT2D eigenvalue weighted by Crippen LogP contribution is -2.39. The number of aliphatic carboxylic acids is 1. The molecule has 14 heavy (non-hydrogen) atoms. The Kier molecular flexibility index (Phi) is 8.23. The third-order valence-corrected chi connectivity index (χ3v) is 1.10. The summed E-state index contributed by atoms with van der Waals surface area (Å²) in [6, 6.07) is 0. The molecule has 0 aliphatic rings. The number of quaternary nitrogens is 1. The highest BCUT2D eigenvalue weighted by molar-refractivity contribution is 7.32. The highest BCUT2D eigenvalue weighted by Gasteiger charge is 2.11. The monoisotopic (exact) mass is 225 g/mol. The summed E-state index contributed by atoms with van der Waals surface area (Å²) in [5.41, 5.74) is 0. The summed E-state index contributed by atoms with van der Waals surface area (Å²) in [5.74, 6) is -0.752. The van der Waals surface area contributed by atoms with Crippen molar-refractivity contribution >= 4 is 14.2 Å². The van der Waals surface area contributed by atoms with Crippen molar-refractivity contribution in [3.05, 3.63) is 12.8 Å². The molecule has 0 radical (unpaired) electrons. The zero-order valence-corrected chi connectivity index (χ0v) is 9.40. The van der Waals surface area contributed by atoms with E-state index in [1.54, 1.807) is 0 Å². The van der Waals surface area contributed by atoms with Crippen molar-refractivity contribution in [3.8, 4) is 0 Å². The largest absolute Gasteiger partial charge is 0.746 e. The van der Waals surface area contributed by atoms with E-state index in [9.17, 15) is 9.36 Å². The molecule has 1 unspecified atom stereocenters. The van der Waals surface area contributed by atoms with Crippen molar-refractivity contribution < 1.29 is 28.4 Å². The van der Waals surface area contributed by atoms with E-state index in [1.165, 1.54) is 0 Å². The van der Waals surface area contributed by atoms with Gasteiger partial charge < -0.3 is 9.59 Å². The summed E-state index contributed by atoms with van der Waals surface area (Å²) in [6.07, 6.45) is 0.915. The van der Waals surface area contributed by atoms with E-state index in [4.69, 9.17) is 10.00 Å². The summed E-state index contributed by atoms with van der Waals surface area (Å²) in [6.45, 7) is 3.22. The summed E-state index contributed by atoms with van der Waals surface area (Å²) < 4.78 is 13.8. The Morgan fingerprint density at radius 2 is 2.00 bits per heavy atom. The number of carbonyl (C=O) groups is 1. The summed E-state index contributed by atoms with van der Waals surface area (Å²) in [5, 5.41) is 8.23. The molecule has 0 spiro atoms. The number of carboxylic acid groups (broad SMARTS) is 1. The lowest BCUT2D eigenvalue weighted by Gasteiger charge is -2.20. The molecule has 0 bridgehead atoms. The van der Waals surface area contributed by atoms with Gasteiger partial charge in [-0.2, -0.15) is 0 Å². The second kappa shape index (κ2) is 7.44. The molecule has 0 saturated carbocycles. The predicted octanol–water partition coefficient (Wildman–Crippen LogP) is 0.573. The third-order valence-electron chi connectivity index (χ3n) is 0.774. The molecule has 2 N–H and O–H groups in total. The number of carboxylic acids is 1. The Bertz CT molecular complexity index is 211. The number of hydrogen-bond acceptors (Lipinski definition) is 3. The molecule has 6 nitrogen and oxygen atoms in total. The fourth-order valence-electron chi connectivity index (χ4n) is 0.470. The topological polar surface area (TPSA) is 83.8 Å². The Morgan fingerprint density at radius 3 is 2.00 bits per heavy atom. The molecule has 0 amide bonds. The molecule has 0 aliphatic heterocycles. The summed E-state index contributed by atoms with van der Waals surface area (Å²) in [7, 11) is 3.06. The molecular formula is C7H16NO5P+2. The second-order valence-electron chi connectivity index (χ2n) is 3.35. The lowest BCUT2D eigenvalue weighted by atomic mass is 10.5. The fourth-order valence-corrected chi connectivity index (χ4v) is 0.597. The van der Waals surface area contributed by atoms with Gasteiger partial charge in [0.1, 0.15) is 6.26 Å². The molecule has 0 rings (SSSR count). The zero-order valence-electron chi connectivity index (χ0n) is 8.51. The Morgan fingerprint density at radius 1 is 1.57 bits per heavy atom. The van der Waals surface area contributed by atoms with Crippen LogP contribution in [0.15, 0.2) is 12.8 Å². The van der Waals surface area contributed by atoms with Crippen molar-refractivity contribution in [1.82, 2.24) is 0 Å². The number of rotatable bonds is 4. The number of hydrogen-bond donors (Lipinski definition) is 2. The molecule has 0 saturated heterocycles. The summed E-state index contributed by atoms with van der Waals surface area (Å²) >= 11 is 0. The van der Waals surface area contributed by atoms with Crippen LogP contribution in [0.25, 0.3) is 0 Å². The van der Waals surface area contributed by atoms with Crippen LogP contribution in [0.1, 0.15) is 0 Å². The van der Waals surface area contributed by atoms with Crippen LogP contribution in [0.3, 0.4) is 0 Å². The Balaban J connectivity index is 0. The minimum atomic E-state index is -2.47. The molecule has 0 aliphatic carbocycles. The van der Waals surface area contributed by atoms with Gasteiger partial charge in [0.05, 0.1) is 21.1 Å². The minimum Gasteiger partial charge on any atom is -0.477 e. The minimum absolute atomic E-state index is 0.181. The first kappa shape index (κ1) is 15.5. The maximum atomic E-state index is 10.00. The van der Waals surface area contributed by atoms with E-state index in [-0.39, 0.29) is 6.54 Å². The first-order chi connectivity index (χ1) is 6.19. The zero-order chi connectivity index (χ0) is 11.8. The van der Waals surface area contributed by atoms with Crippen LogP contribution < -0.4 is 0 Å². The van der Waals surface area contributed by atoms with E-state index in [0.29, 0.717) is 4.48 Å². The Labute approximate surface area is 84.0 Å². The smallest absolute Gasteiger partial charge is 0.477 e. The van der Waals surface area contributed by atoms with Crippen LogP contribution in [0.4, 0.5) is 0 Å². The lowest BCUT2D eigenvalue weighted by molar-refractivity contribution is -0.862. The molecule has 0 aromatic carbocycles. The quantitative estimate of drug-likeness (QED) is 0.415. The summed E-state index contributed by atoms with van der Waals surface area (Å²) in [4.78, 5) is 17.8. The molecule has 0 fully saturated rings. The van der Waals surface area contributed by atoms with E-state index >= 15 is 0 Å². The van der Waals surface area contributed by atoms with Crippen LogP contribution in [0.5, 0.6) is 0 Å². The van der Waals surface area contributed by atoms with Gasteiger partial charge in [0.15, 0.2) is 6.54 Å². The third kappa shape index (κ3) is 22.5. The first-order valence-corrected chi connectivity index (χ1v) is 4.78. The van der Waals surface area contributed by atoms with Crippen LogP contribution in [-0.4, -0.2) is 48.1 Å². The molecule has 7 heteroatoms. The highest BCUT2D eigenvalue weighted by atomic mass is 31.1. The van der Waals surface area contributed by atoms with Crippen molar-refractivity contribution in [2.75, 3.05) is 27.7 Å². The molecule has 0 aromatic heterocycles. The standard InChI is InChI=1S/C5H11NO2.C2H3O3P/c1-6(2,3)4-5(7)8;1-2-5-6(3)4/h4H2,1-3H3;2H,1H2/p+2. The van der Waals surface area contributed by atoms with E-state index < -0.39 is 14.2 Å². The Hall–Kier alpha value is -0.970. The van der Waals surface area contributed by atoms with Gasteiger partial charge in [-0.1, -0.05) is 6.58 Å². The molecular weight excluding hydrogens is 209 g/mol. The van der Waals surface area contributed by atoms with Gasteiger partial charge in [-0.3, -0.25) is 0 Å². The van der Waals surface area contributed by atoms with Crippen molar-refractivity contribution in [3.63, 3.8) is 0 Å². The van der Waals surface area contributed by atoms with Gasteiger partial charge in [-0.25, -0.2) is 9.32 Å². The van der Waals surface area contributed by atoms with Gasteiger partial charge in [-0.15, -0.1) is 4.89 Å². The van der Waals surface area contributed by atoms with Crippen LogP contribution in [0, 0.1) is 0 Å². The van der Waals surface area contributed by atoms with Gasteiger partial charge in [-0.05, 0) is 0 Å². The van der Waals surface area contributed by atoms with Gasteiger partial charge in [0.25, 0.3) is 0 Å². The molecule has 0 heterocycles. The van der Waals surface area contributed by atoms with Crippen LogP contribution in [0.2, 0.25) is 0 Å². The first-order valence-electron chi connectivity index (χ1n) is 3.65. The van der Waals surface area contributed by atoms with E-state index in [1.807, 2.05) is 21.1 Å². The van der Waals surface area contributed by atoms with Crippen LogP contribution >= 0.6 is 8.25 Å². The van der Waals surface area contributed by atoms with Crippen molar-refractivity contribution in [2.45, 2.75) is 0 Å². The predicted molar refractivity (Wildman–Crippen MR) is 51.6 cm³/mol. The van der Waals surface area contributed by atoms with E-state index in [0.717, 1.165) is 6.26 Å². The second-order valence-corrected chi connectivity index (χ2v) is 4.04. The molecule has 0 aromatic rings. The van der Waals surface area contributed by atoms with Crippen molar-refractivity contribution in [2.24, 2.45) is 0 Å². The molecule has 82 valence electrons. The van der Waals surface area contributed by atoms with E-state index in [2.05, 4.69) is 11.1 Å². The number of nitrogens with zero attached hydrogens (tertiary/aromatic N) is 1. The maximum absolute atomic E-state index is 10.00. The average molecular weight is 225 g/mol. The number of likely N-dealkylation sites (N-methyl/N-ethyl adjacent to an activating group) is 1. The van der Waals surface area contributed by atoms with Gasteiger partial charge in [0.2, 0.25) is 0 Å². The van der Waals surface area contributed by atoms with Crippen LogP contribution in [-0.2, 0) is 13.9 Å². The highest BCUT2D eigenvalue weighted by Crippen LogP contribution is 2.12. The normalized spacial score (nSPS) is 10.7. The van der Waals surface area contributed by atoms with Gasteiger partial charge in [0, 0.05) is 4.57 Å².